The molecule has 2 aromatic rings. The molecule has 0 radical (unpaired) electrons. The molecule has 7 nitrogen and oxygen atoms in total. The van der Waals surface area contributed by atoms with Crippen LogP contribution in [-0.2, 0) is 6.54 Å². The second-order valence-corrected chi connectivity index (χ2v) is 6.76. The number of pyridine rings is 1. The number of nitrogens with one attached hydrogen (secondary N) is 1. The monoisotopic (exact) mass is 313 g/mol. The predicted molar refractivity (Wildman–Crippen MR) is 86.9 cm³/mol. The maximum Gasteiger partial charge on any atom is 0.165 e. The third-order valence-electron chi connectivity index (χ3n) is 4.67. The van der Waals surface area contributed by atoms with Crippen LogP contribution in [0, 0.1) is 12.8 Å². The third-order valence-corrected chi connectivity index (χ3v) is 4.67. The lowest BCUT2D eigenvalue weighted by Gasteiger charge is -2.16. The zero-order chi connectivity index (χ0) is 15.6. The van der Waals surface area contributed by atoms with E-state index in [-0.39, 0.29) is 0 Å². The molecule has 1 saturated heterocycles. The molecule has 3 heterocycles. The minimum Gasteiger partial charge on any atom is -0.370 e. The number of anilines is 1. The lowest BCUT2D eigenvalue weighted by molar-refractivity contribution is 0.302. The van der Waals surface area contributed by atoms with E-state index in [0.29, 0.717) is 12.0 Å². The minimum atomic E-state index is 0.549. The molecule has 0 bridgehead atoms. The standard InChI is InChI=1S/C16H23N7/c1-12-2-5-15(17-8-12)18-9-13-6-7-22(10-13)11-16-19-20-21-23(16)14-3-4-14/h2,5,8,13-14H,3-4,6-7,9-11H2,1H3,(H,17,18). The average molecular weight is 313 g/mol. The van der Waals surface area contributed by atoms with Crippen molar-refractivity contribution in [2.45, 2.75) is 38.8 Å². The van der Waals surface area contributed by atoms with Gasteiger partial charge in [0.15, 0.2) is 5.82 Å². The van der Waals surface area contributed by atoms with Gasteiger partial charge in [0.05, 0.1) is 12.6 Å². The highest BCUT2D eigenvalue weighted by Crippen LogP contribution is 2.34. The maximum absolute atomic E-state index is 4.40. The summed E-state index contributed by atoms with van der Waals surface area (Å²) in [6, 6.07) is 4.69. The van der Waals surface area contributed by atoms with E-state index < -0.39 is 0 Å². The highest BCUT2D eigenvalue weighted by atomic mass is 15.6. The zero-order valence-corrected chi connectivity index (χ0v) is 13.5. The van der Waals surface area contributed by atoms with Gasteiger partial charge in [0, 0.05) is 19.3 Å². The molecular formula is C16H23N7. The van der Waals surface area contributed by atoms with Gasteiger partial charge in [-0.25, -0.2) is 9.67 Å². The van der Waals surface area contributed by atoms with E-state index in [0.717, 1.165) is 37.8 Å². The SMILES string of the molecule is Cc1ccc(NCC2CCN(Cc3nnnn3C3CC3)C2)nc1. The van der Waals surface area contributed by atoms with Crippen molar-refractivity contribution in [1.82, 2.24) is 30.1 Å². The predicted octanol–water partition coefficient (Wildman–Crippen LogP) is 1.65. The molecule has 0 spiro atoms. The van der Waals surface area contributed by atoms with Gasteiger partial charge >= 0.3 is 0 Å². The van der Waals surface area contributed by atoms with Crippen LogP contribution in [0.3, 0.4) is 0 Å². The fourth-order valence-electron chi connectivity index (χ4n) is 3.16. The van der Waals surface area contributed by atoms with Crippen molar-refractivity contribution in [3.63, 3.8) is 0 Å². The smallest absolute Gasteiger partial charge is 0.165 e. The Morgan fingerprint density at radius 3 is 2.96 bits per heavy atom. The molecule has 1 aliphatic heterocycles. The van der Waals surface area contributed by atoms with Crippen molar-refractivity contribution in [3.05, 3.63) is 29.7 Å². The van der Waals surface area contributed by atoms with Crippen molar-refractivity contribution in [2.75, 3.05) is 25.0 Å². The molecule has 1 unspecified atom stereocenters. The topological polar surface area (TPSA) is 71.8 Å². The van der Waals surface area contributed by atoms with Crippen molar-refractivity contribution < 1.29 is 0 Å². The Labute approximate surface area is 136 Å². The quantitative estimate of drug-likeness (QED) is 0.874. The lowest BCUT2D eigenvalue weighted by atomic mass is 10.1. The van der Waals surface area contributed by atoms with Gasteiger partial charge < -0.3 is 5.32 Å². The summed E-state index contributed by atoms with van der Waals surface area (Å²) in [6.45, 7) is 6.10. The van der Waals surface area contributed by atoms with Gasteiger partial charge in [0.2, 0.25) is 0 Å². The van der Waals surface area contributed by atoms with Gasteiger partial charge in [-0.1, -0.05) is 6.07 Å². The Kier molecular flexibility index (Phi) is 3.95. The number of hydrogen-bond acceptors (Lipinski definition) is 6. The van der Waals surface area contributed by atoms with E-state index in [4.69, 9.17) is 0 Å². The number of tetrazole rings is 1. The van der Waals surface area contributed by atoms with E-state index in [1.165, 1.54) is 24.8 Å². The lowest BCUT2D eigenvalue weighted by Crippen LogP contribution is -2.24. The molecule has 2 fully saturated rings. The van der Waals surface area contributed by atoms with Crippen LogP contribution in [0.15, 0.2) is 18.3 Å². The normalized spacial score (nSPS) is 21.7. The number of aryl methyl sites for hydroxylation is 1. The van der Waals surface area contributed by atoms with Crippen LogP contribution in [-0.4, -0.2) is 49.7 Å². The molecule has 0 amide bonds. The number of rotatable bonds is 6. The summed E-state index contributed by atoms with van der Waals surface area (Å²) in [5.74, 6) is 2.64. The highest BCUT2D eigenvalue weighted by Gasteiger charge is 2.29. The maximum atomic E-state index is 4.40. The van der Waals surface area contributed by atoms with Crippen molar-refractivity contribution in [1.29, 1.82) is 0 Å². The van der Waals surface area contributed by atoms with Gasteiger partial charge in [0.25, 0.3) is 0 Å². The Balaban J connectivity index is 1.27. The number of aromatic nitrogens is 5. The molecular weight excluding hydrogens is 290 g/mol. The molecule has 1 saturated carbocycles. The van der Waals surface area contributed by atoms with Crippen molar-refractivity contribution in [3.8, 4) is 0 Å². The van der Waals surface area contributed by atoms with E-state index >= 15 is 0 Å². The van der Waals surface area contributed by atoms with Crippen molar-refractivity contribution in [2.24, 2.45) is 5.92 Å². The summed E-state index contributed by atoms with van der Waals surface area (Å²) in [7, 11) is 0. The molecule has 1 atom stereocenters. The number of nitrogens with zero attached hydrogens (tertiary/aromatic N) is 6. The molecule has 4 rings (SSSR count). The van der Waals surface area contributed by atoms with Crippen LogP contribution in [0.4, 0.5) is 5.82 Å². The summed E-state index contributed by atoms with van der Waals surface area (Å²) >= 11 is 0. The Hall–Kier alpha value is -2.02. The second-order valence-electron chi connectivity index (χ2n) is 6.76. The fraction of sp³-hybridized carbons (Fsp3) is 0.625. The van der Waals surface area contributed by atoms with Crippen molar-refractivity contribution >= 4 is 5.82 Å². The van der Waals surface area contributed by atoms with Gasteiger partial charge in [-0.15, -0.1) is 5.10 Å². The molecule has 1 N–H and O–H groups in total. The van der Waals surface area contributed by atoms with Crippen LogP contribution >= 0.6 is 0 Å². The fourth-order valence-corrected chi connectivity index (χ4v) is 3.16. The average Bonchev–Trinajstić information content (AvgIpc) is 3.13. The van der Waals surface area contributed by atoms with Crippen LogP contribution in [0.25, 0.3) is 0 Å². The summed E-state index contributed by atoms with van der Waals surface area (Å²) in [6.07, 6.45) is 5.55. The highest BCUT2D eigenvalue weighted by molar-refractivity contribution is 5.35. The molecule has 1 aliphatic carbocycles. The summed E-state index contributed by atoms with van der Waals surface area (Å²) < 4.78 is 2.02. The summed E-state index contributed by atoms with van der Waals surface area (Å²) in [5, 5.41) is 15.6. The van der Waals surface area contributed by atoms with Gasteiger partial charge in [-0.2, -0.15) is 0 Å². The summed E-state index contributed by atoms with van der Waals surface area (Å²) in [4.78, 5) is 6.86. The van der Waals surface area contributed by atoms with Crippen LogP contribution in [0.1, 0.15) is 36.7 Å². The van der Waals surface area contributed by atoms with E-state index in [1.54, 1.807) is 0 Å². The minimum absolute atomic E-state index is 0.549. The first-order valence-electron chi connectivity index (χ1n) is 8.43. The summed E-state index contributed by atoms with van der Waals surface area (Å²) in [5.41, 5.74) is 1.19. The molecule has 2 aliphatic rings. The molecule has 7 heteroatoms. The zero-order valence-electron chi connectivity index (χ0n) is 13.5. The first-order valence-corrected chi connectivity index (χ1v) is 8.43. The second kappa shape index (κ2) is 6.23. The number of likely N-dealkylation sites (tertiary alicyclic amines) is 1. The van der Waals surface area contributed by atoms with Gasteiger partial charge in [0.1, 0.15) is 5.82 Å². The molecule has 122 valence electrons. The molecule has 23 heavy (non-hydrogen) atoms. The third kappa shape index (κ3) is 3.50. The van der Waals surface area contributed by atoms with Gasteiger partial charge in [-0.05, 0) is 60.7 Å². The molecule has 0 aromatic carbocycles. The van der Waals surface area contributed by atoms with E-state index in [2.05, 4.69) is 43.7 Å². The van der Waals surface area contributed by atoms with Gasteiger partial charge in [-0.3, -0.25) is 4.90 Å². The Morgan fingerprint density at radius 1 is 1.26 bits per heavy atom. The van der Waals surface area contributed by atoms with Crippen LogP contribution in [0.2, 0.25) is 0 Å². The Morgan fingerprint density at radius 2 is 2.17 bits per heavy atom. The van der Waals surface area contributed by atoms with E-state index in [9.17, 15) is 0 Å². The largest absolute Gasteiger partial charge is 0.370 e. The van der Waals surface area contributed by atoms with Crippen LogP contribution in [0.5, 0.6) is 0 Å². The first-order chi connectivity index (χ1) is 11.3. The first kappa shape index (κ1) is 14.6. The van der Waals surface area contributed by atoms with Crippen LogP contribution < -0.4 is 5.32 Å². The Bertz CT molecular complexity index is 647. The van der Waals surface area contributed by atoms with E-state index in [1.807, 2.05) is 16.9 Å². The number of hydrogen-bond donors (Lipinski definition) is 1. The molecule has 2 aromatic heterocycles.